The summed E-state index contributed by atoms with van der Waals surface area (Å²) < 4.78 is 5.90. The standard InChI is InChI=1S/C23H26N2OS/c1-15(2)26-21-11-10-17(12-18(21)13-24)23-25(3)14-22(27-23)20-9-5-7-16-6-4-8-19(16)20/h5,7,9-10,12,14-15,21,23H,4,6,8,11H2,1-3H3. The van der Waals surface area contributed by atoms with E-state index in [4.69, 9.17) is 4.74 Å². The third-order valence-electron chi connectivity index (χ3n) is 5.43. The van der Waals surface area contributed by atoms with E-state index in [0.717, 1.165) is 12.0 Å². The van der Waals surface area contributed by atoms with Crippen molar-refractivity contribution in [2.75, 3.05) is 7.05 Å². The van der Waals surface area contributed by atoms with Gasteiger partial charge in [0.15, 0.2) is 0 Å². The lowest BCUT2D eigenvalue weighted by atomic mass is 9.97. The molecule has 0 saturated carbocycles. The molecule has 1 aromatic carbocycles. The molecule has 140 valence electrons. The van der Waals surface area contributed by atoms with Gasteiger partial charge in [0.2, 0.25) is 0 Å². The molecule has 2 unspecified atom stereocenters. The van der Waals surface area contributed by atoms with Crippen molar-refractivity contribution < 1.29 is 4.74 Å². The van der Waals surface area contributed by atoms with Crippen molar-refractivity contribution in [3.63, 3.8) is 0 Å². The fourth-order valence-corrected chi connectivity index (χ4v) is 5.52. The van der Waals surface area contributed by atoms with E-state index in [9.17, 15) is 5.26 Å². The maximum atomic E-state index is 9.58. The highest BCUT2D eigenvalue weighted by Crippen LogP contribution is 2.45. The van der Waals surface area contributed by atoms with Gasteiger partial charge < -0.3 is 9.64 Å². The molecule has 0 bridgehead atoms. The Labute approximate surface area is 166 Å². The van der Waals surface area contributed by atoms with Gasteiger partial charge in [-0.3, -0.25) is 0 Å². The van der Waals surface area contributed by atoms with Crippen LogP contribution in [0.3, 0.4) is 0 Å². The highest BCUT2D eigenvalue weighted by Gasteiger charge is 2.31. The second-order valence-electron chi connectivity index (χ2n) is 7.75. The molecule has 0 fully saturated rings. The quantitative estimate of drug-likeness (QED) is 0.734. The molecule has 1 aromatic rings. The predicted octanol–water partition coefficient (Wildman–Crippen LogP) is 5.05. The highest BCUT2D eigenvalue weighted by molar-refractivity contribution is 8.09. The van der Waals surface area contributed by atoms with Gasteiger partial charge in [-0.05, 0) is 67.9 Å². The Morgan fingerprint density at radius 2 is 2.15 bits per heavy atom. The molecule has 0 N–H and O–H groups in total. The van der Waals surface area contributed by atoms with E-state index in [1.165, 1.54) is 46.4 Å². The summed E-state index contributed by atoms with van der Waals surface area (Å²) in [5, 5.41) is 9.80. The van der Waals surface area contributed by atoms with Crippen molar-refractivity contribution in [2.24, 2.45) is 0 Å². The van der Waals surface area contributed by atoms with Crippen LogP contribution < -0.4 is 0 Å². The number of thioether (sulfide) groups is 1. The molecule has 2 aliphatic carbocycles. The Balaban J connectivity index is 1.55. The van der Waals surface area contributed by atoms with Crippen molar-refractivity contribution in [3.8, 4) is 6.07 Å². The highest BCUT2D eigenvalue weighted by atomic mass is 32.2. The summed E-state index contributed by atoms with van der Waals surface area (Å²) in [6.07, 6.45) is 11.0. The van der Waals surface area contributed by atoms with E-state index in [2.05, 4.69) is 48.5 Å². The number of fused-ring (bicyclic) bond motifs is 1. The van der Waals surface area contributed by atoms with Crippen LogP contribution in [-0.4, -0.2) is 29.5 Å². The van der Waals surface area contributed by atoms with Crippen LogP contribution in [0.1, 0.15) is 43.4 Å². The lowest BCUT2D eigenvalue weighted by Crippen LogP contribution is -2.26. The molecule has 1 heterocycles. The van der Waals surface area contributed by atoms with Crippen molar-refractivity contribution in [1.82, 2.24) is 4.90 Å². The van der Waals surface area contributed by atoms with Gasteiger partial charge in [0.25, 0.3) is 0 Å². The third-order valence-corrected chi connectivity index (χ3v) is 6.84. The van der Waals surface area contributed by atoms with E-state index in [0.29, 0.717) is 0 Å². The molecule has 0 aromatic heterocycles. The lowest BCUT2D eigenvalue weighted by Gasteiger charge is -2.27. The number of nitriles is 1. The van der Waals surface area contributed by atoms with Crippen LogP contribution in [0.2, 0.25) is 0 Å². The fourth-order valence-electron chi connectivity index (χ4n) is 4.21. The Bertz CT molecular complexity index is 875. The third kappa shape index (κ3) is 3.59. The maximum absolute atomic E-state index is 9.58. The molecule has 2 atom stereocenters. The molecule has 3 aliphatic rings. The number of rotatable bonds is 4. The summed E-state index contributed by atoms with van der Waals surface area (Å²) in [6.45, 7) is 4.03. The molecule has 4 heteroatoms. The zero-order valence-corrected chi connectivity index (χ0v) is 17.1. The van der Waals surface area contributed by atoms with Gasteiger partial charge in [0, 0.05) is 18.2 Å². The van der Waals surface area contributed by atoms with Gasteiger partial charge in [0.1, 0.15) is 5.37 Å². The number of hydrogen-bond acceptors (Lipinski definition) is 4. The summed E-state index contributed by atoms with van der Waals surface area (Å²) in [6, 6.07) is 9.08. The summed E-state index contributed by atoms with van der Waals surface area (Å²) in [7, 11) is 2.13. The number of likely N-dealkylation sites (N-methyl/N-ethyl adjacent to an activating group) is 1. The molecule has 1 aliphatic heterocycles. The normalized spacial score (nSPS) is 24.4. The minimum absolute atomic E-state index is 0.111. The average Bonchev–Trinajstić information content (AvgIpc) is 3.28. The Hall–Kier alpha value is -1.96. The monoisotopic (exact) mass is 378 g/mol. The zero-order valence-electron chi connectivity index (χ0n) is 16.2. The first kappa shape index (κ1) is 18.4. The zero-order chi connectivity index (χ0) is 19.0. The SMILES string of the molecule is CC(C)OC1CC=C(C2SC(c3cccc4c3CCC4)=CN2C)C=C1C#N. The van der Waals surface area contributed by atoms with Crippen LogP contribution in [0, 0.1) is 11.3 Å². The summed E-state index contributed by atoms with van der Waals surface area (Å²) >= 11 is 1.90. The Morgan fingerprint density at radius 3 is 2.93 bits per heavy atom. The van der Waals surface area contributed by atoms with E-state index < -0.39 is 0 Å². The van der Waals surface area contributed by atoms with Gasteiger partial charge in [-0.15, -0.1) is 0 Å². The topological polar surface area (TPSA) is 36.3 Å². The second kappa shape index (κ2) is 7.58. The van der Waals surface area contributed by atoms with Crippen LogP contribution in [0.4, 0.5) is 0 Å². The molecule has 0 amide bonds. The van der Waals surface area contributed by atoms with Crippen molar-refractivity contribution in [3.05, 3.63) is 64.4 Å². The van der Waals surface area contributed by atoms with Gasteiger partial charge in [0.05, 0.1) is 23.9 Å². The molecule has 3 nitrogen and oxygen atoms in total. The minimum Gasteiger partial charge on any atom is -0.370 e. The molecule has 0 spiro atoms. The molecular formula is C23H26N2OS. The summed E-state index contributed by atoms with van der Waals surface area (Å²) in [5.74, 6) is 0. The first-order chi connectivity index (χ1) is 13.1. The van der Waals surface area contributed by atoms with E-state index in [1.807, 2.05) is 31.7 Å². The number of nitrogens with zero attached hydrogens (tertiary/aromatic N) is 2. The predicted molar refractivity (Wildman–Crippen MR) is 112 cm³/mol. The smallest absolute Gasteiger partial charge is 0.104 e. The maximum Gasteiger partial charge on any atom is 0.104 e. The van der Waals surface area contributed by atoms with Crippen molar-refractivity contribution in [2.45, 2.75) is 57.1 Å². The number of ether oxygens (including phenoxy) is 1. The summed E-state index contributed by atoms with van der Waals surface area (Å²) in [5.41, 5.74) is 6.39. The van der Waals surface area contributed by atoms with Gasteiger partial charge in [-0.2, -0.15) is 5.26 Å². The largest absolute Gasteiger partial charge is 0.370 e. The molecule has 4 rings (SSSR count). The molecule has 0 saturated heterocycles. The molecule has 27 heavy (non-hydrogen) atoms. The van der Waals surface area contributed by atoms with E-state index in [1.54, 1.807) is 0 Å². The van der Waals surface area contributed by atoms with Crippen LogP contribution in [-0.2, 0) is 17.6 Å². The Kier molecular flexibility index (Phi) is 5.16. The van der Waals surface area contributed by atoms with Crippen LogP contribution in [0.5, 0.6) is 0 Å². The van der Waals surface area contributed by atoms with Crippen molar-refractivity contribution in [1.29, 1.82) is 5.26 Å². The summed E-state index contributed by atoms with van der Waals surface area (Å²) in [4.78, 5) is 3.62. The van der Waals surface area contributed by atoms with Gasteiger partial charge in [-0.25, -0.2) is 0 Å². The molecular weight excluding hydrogens is 352 g/mol. The van der Waals surface area contributed by atoms with Crippen LogP contribution in [0.15, 0.2) is 47.7 Å². The average molecular weight is 379 g/mol. The van der Waals surface area contributed by atoms with Gasteiger partial charge >= 0.3 is 0 Å². The fraction of sp³-hybridized carbons (Fsp3) is 0.435. The van der Waals surface area contributed by atoms with E-state index >= 15 is 0 Å². The van der Waals surface area contributed by atoms with E-state index in [-0.39, 0.29) is 17.6 Å². The minimum atomic E-state index is -0.111. The van der Waals surface area contributed by atoms with Crippen LogP contribution in [0.25, 0.3) is 4.91 Å². The number of aryl methyl sites for hydroxylation is 1. The second-order valence-corrected chi connectivity index (χ2v) is 8.87. The Morgan fingerprint density at radius 1 is 1.30 bits per heavy atom. The number of hydrogen-bond donors (Lipinski definition) is 0. The number of benzene rings is 1. The lowest BCUT2D eigenvalue weighted by molar-refractivity contribution is 0.0322. The van der Waals surface area contributed by atoms with Crippen LogP contribution >= 0.6 is 11.8 Å². The molecule has 0 radical (unpaired) electrons. The van der Waals surface area contributed by atoms with Gasteiger partial charge in [-0.1, -0.05) is 36.0 Å². The first-order valence-electron chi connectivity index (χ1n) is 9.75. The van der Waals surface area contributed by atoms with Crippen molar-refractivity contribution >= 4 is 16.7 Å². The first-order valence-corrected chi connectivity index (χ1v) is 10.6.